The normalized spacial score (nSPS) is 51.1. The first-order valence-corrected chi connectivity index (χ1v) is 25.8. The van der Waals surface area contributed by atoms with E-state index in [4.69, 9.17) is 0 Å². The van der Waals surface area contributed by atoms with Crippen molar-refractivity contribution in [1.29, 1.82) is 0 Å². The van der Waals surface area contributed by atoms with Gasteiger partial charge in [-0.25, -0.2) is 0 Å². The molecular weight excluding hydrogens is 625 g/mol. The maximum atomic E-state index is 1.67. The van der Waals surface area contributed by atoms with E-state index in [-0.39, 0.29) is 0 Å². The lowest BCUT2D eigenvalue weighted by Crippen LogP contribution is -2.55. The molecule has 13 atom stereocenters. The second-order valence-corrected chi connectivity index (χ2v) is 23.1. The second-order valence-electron chi connectivity index (χ2n) is 23.1. The predicted octanol–water partition coefficient (Wildman–Crippen LogP) is 15.5. The van der Waals surface area contributed by atoms with E-state index in [1.54, 1.807) is 199 Å². The Kier molecular flexibility index (Phi) is 11.5. The van der Waals surface area contributed by atoms with Crippen molar-refractivity contribution in [3.63, 3.8) is 0 Å². The molecule has 0 aromatic heterocycles. The Balaban J connectivity index is 0.742. The monoisotopic (exact) mass is 711 g/mol. The predicted molar refractivity (Wildman–Crippen MR) is 220 cm³/mol. The average molecular weight is 711 g/mol. The molecule has 0 aromatic carbocycles. The zero-order valence-electron chi connectivity index (χ0n) is 34.4. The highest BCUT2D eigenvalue weighted by atomic mass is 14.6. The maximum Gasteiger partial charge on any atom is -0.0321 e. The Labute approximate surface area is 323 Å². The summed E-state index contributed by atoms with van der Waals surface area (Å²) in [6, 6.07) is 0. The Morgan fingerprint density at radius 1 is 0.231 bits per heavy atom. The molecule has 294 valence electrons. The zero-order chi connectivity index (χ0) is 34.4. The fraction of sp³-hybridized carbons (Fsp3) is 1.00. The number of unbranched alkanes of at least 4 members (excludes halogenated alkanes) is 1. The number of fused-ring (bicyclic) bond motifs is 3. The van der Waals surface area contributed by atoms with Gasteiger partial charge >= 0.3 is 0 Å². The van der Waals surface area contributed by atoms with Gasteiger partial charge in [-0.05, 0) is 222 Å². The second kappa shape index (κ2) is 16.5. The number of hydrogen-bond donors (Lipinski definition) is 0. The van der Waals surface area contributed by atoms with Crippen LogP contribution < -0.4 is 0 Å². The standard InChI is InChI=1S/C52H86/c1-2-10-35(11-3-1)12-4-5-13-36-18-20-37(21-19-36)44-30-26-40-29-33-49-45(31-27-41-28-32-48(44)51(40)52(41)49)38-22-24-39(25-23-38)50-34-42-14-6-7-15-43(42)46-16-8-9-17-47(46)50/h35-52H,1-34H2. The van der Waals surface area contributed by atoms with Crippen molar-refractivity contribution >= 4 is 0 Å². The minimum absolute atomic E-state index is 1.09. The van der Waals surface area contributed by atoms with Crippen molar-refractivity contribution in [2.45, 2.75) is 218 Å². The Morgan fingerprint density at radius 3 is 1.19 bits per heavy atom. The van der Waals surface area contributed by atoms with Gasteiger partial charge in [0.25, 0.3) is 0 Å². The third-order valence-corrected chi connectivity index (χ3v) is 21.3. The summed E-state index contributed by atoms with van der Waals surface area (Å²) in [5.74, 6) is 20.4. The summed E-state index contributed by atoms with van der Waals surface area (Å²) < 4.78 is 0. The third-order valence-electron chi connectivity index (χ3n) is 21.3. The van der Waals surface area contributed by atoms with Crippen LogP contribution in [0.5, 0.6) is 0 Å². The number of hydrogen-bond acceptors (Lipinski definition) is 0. The molecule has 0 heterocycles. The molecule has 0 bridgehead atoms. The van der Waals surface area contributed by atoms with Gasteiger partial charge in [-0.2, -0.15) is 0 Å². The molecule has 52 heavy (non-hydrogen) atoms. The first kappa shape index (κ1) is 36.3. The molecule has 10 fully saturated rings. The van der Waals surface area contributed by atoms with Crippen LogP contribution in [0.4, 0.5) is 0 Å². The highest BCUT2D eigenvalue weighted by Gasteiger charge is 2.57. The molecule has 0 nitrogen and oxygen atoms in total. The molecule has 10 aliphatic rings. The topological polar surface area (TPSA) is 0 Å². The molecule has 0 aromatic rings. The minimum atomic E-state index is 1.09. The van der Waals surface area contributed by atoms with Crippen molar-refractivity contribution in [2.75, 3.05) is 0 Å². The Bertz CT molecular complexity index is 1110. The van der Waals surface area contributed by atoms with E-state index in [2.05, 4.69) is 0 Å². The third kappa shape index (κ3) is 7.21. The van der Waals surface area contributed by atoms with E-state index in [9.17, 15) is 0 Å². The van der Waals surface area contributed by atoms with Gasteiger partial charge in [0, 0.05) is 0 Å². The summed E-state index contributed by atoms with van der Waals surface area (Å²) in [4.78, 5) is 0. The van der Waals surface area contributed by atoms with E-state index in [0.29, 0.717) is 0 Å². The van der Waals surface area contributed by atoms with Gasteiger partial charge in [0.1, 0.15) is 0 Å². The van der Waals surface area contributed by atoms with Crippen LogP contribution in [0.1, 0.15) is 218 Å². The molecule has 13 unspecified atom stereocenters. The van der Waals surface area contributed by atoms with Gasteiger partial charge in [-0.15, -0.1) is 0 Å². The van der Waals surface area contributed by atoms with Crippen LogP contribution in [0.15, 0.2) is 0 Å². The van der Waals surface area contributed by atoms with Crippen molar-refractivity contribution in [1.82, 2.24) is 0 Å². The van der Waals surface area contributed by atoms with Gasteiger partial charge in [0.15, 0.2) is 0 Å². The van der Waals surface area contributed by atoms with Gasteiger partial charge in [0.2, 0.25) is 0 Å². The molecule has 0 spiro atoms. The van der Waals surface area contributed by atoms with E-state index in [0.717, 1.165) is 94.7 Å². The van der Waals surface area contributed by atoms with Gasteiger partial charge in [-0.3, -0.25) is 0 Å². The van der Waals surface area contributed by atoms with E-state index < -0.39 is 0 Å². The maximum absolute atomic E-state index is 1.67. The first-order chi connectivity index (χ1) is 25.8. The van der Waals surface area contributed by atoms with E-state index in [1.165, 1.54) is 31.1 Å². The molecule has 0 heteroatoms. The van der Waals surface area contributed by atoms with Crippen LogP contribution in [0.2, 0.25) is 0 Å². The minimum Gasteiger partial charge on any atom is -0.0533 e. The van der Waals surface area contributed by atoms with E-state index >= 15 is 0 Å². The summed E-state index contributed by atoms with van der Waals surface area (Å²) in [6.07, 6.45) is 54.6. The Morgan fingerprint density at radius 2 is 0.615 bits per heavy atom. The molecule has 0 aliphatic heterocycles. The lowest BCUT2D eigenvalue weighted by Gasteiger charge is -2.62. The summed E-state index contributed by atoms with van der Waals surface area (Å²) in [5.41, 5.74) is 0. The van der Waals surface area contributed by atoms with Crippen LogP contribution in [-0.4, -0.2) is 0 Å². The van der Waals surface area contributed by atoms with Crippen LogP contribution in [0, 0.1) is 107 Å². The first-order valence-electron chi connectivity index (χ1n) is 25.8. The SMILES string of the molecule is C1CCC(CCCCC2CCC(C3CCC4CCC5C(C6CCC(C7CC8CCCCC8C8CCCCC78)CC6)CCC6CCC3C4C65)CC2)CC1. The van der Waals surface area contributed by atoms with E-state index in [1.807, 2.05) is 0 Å². The van der Waals surface area contributed by atoms with Crippen LogP contribution in [0.25, 0.3) is 0 Å². The summed E-state index contributed by atoms with van der Waals surface area (Å²) in [6.45, 7) is 0. The van der Waals surface area contributed by atoms with Crippen LogP contribution in [-0.2, 0) is 0 Å². The quantitative estimate of drug-likeness (QED) is 0.220. The number of rotatable bonds is 8. The smallest absolute Gasteiger partial charge is 0.0321 e. The van der Waals surface area contributed by atoms with Crippen molar-refractivity contribution in [3.8, 4) is 0 Å². The summed E-state index contributed by atoms with van der Waals surface area (Å²) in [7, 11) is 0. The zero-order valence-corrected chi connectivity index (χ0v) is 34.4. The highest BCUT2D eigenvalue weighted by molar-refractivity contribution is 5.06. The average Bonchev–Trinajstić information content (AvgIpc) is 3.22. The highest BCUT2D eigenvalue weighted by Crippen LogP contribution is 2.65. The van der Waals surface area contributed by atoms with Gasteiger partial charge in [0.05, 0.1) is 0 Å². The van der Waals surface area contributed by atoms with Gasteiger partial charge < -0.3 is 0 Å². The Hall–Kier alpha value is 0. The van der Waals surface area contributed by atoms with Crippen LogP contribution >= 0.6 is 0 Å². The lowest BCUT2D eigenvalue weighted by molar-refractivity contribution is -0.135. The fourth-order valence-corrected chi connectivity index (χ4v) is 19.2. The molecule has 10 rings (SSSR count). The molecule has 10 aliphatic carbocycles. The van der Waals surface area contributed by atoms with Crippen LogP contribution in [0.3, 0.4) is 0 Å². The molecule has 0 radical (unpaired) electrons. The van der Waals surface area contributed by atoms with Gasteiger partial charge in [-0.1, -0.05) is 103 Å². The molecular formula is C52H86. The largest absolute Gasteiger partial charge is 0.0533 e. The van der Waals surface area contributed by atoms with Crippen molar-refractivity contribution in [2.24, 2.45) is 107 Å². The molecule has 0 saturated heterocycles. The lowest BCUT2D eigenvalue weighted by atomic mass is 9.43. The molecule has 0 N–H and O–H groups in total. The molecule has 0 amide bonds. The van der Waals surface area contributed by atoms with Crippen molar-refractivity contribution in [3.05, 3.63) is 0 Å². The fourth-order valence-electron chi connectivity index (χ4n) is 19.2. The summed E-state index contributed by atoms with van der Waals surface area (Å²) >= 11 is 0. The summed E-state index contributed by atoms with van der Waals surface area (Å²) in [5, 5.41) is 0. The van der Waals surface area contributed by atoms with Crippen molar-refractivity contribution < 1.29 is 0 Å². The molecule has 10 saturated carbocycles.